The van der Waals surface area contributed by atoms with Gasteiger partial charge in [0, 0.05) is 38.3 Å². The molecule has 2 amide bonds. The maximum Gasteiger partial charge on any atom is 0.338 e. The van der Waals surface area contributed by atoms with Crippen molar-refractivity contribution in [3.05, 3.63) is 89.5 Å². The molecule has 3 aromatic rings. The summed E-state index contributed by atoms with van der Waals surface area (Å²) in [5.74, 6) is -0.370. The fourth-order valence-electron chi connectivity index (χ4n) is 4.79. The van der Waals surface area contributed by atoms with Gasteiger partial charge in [0.2, 0.25) is 5.91 Å². The molecule has 0 fully saturated rings. The average Bonchev–Trinajstić information content (AvgIpc) is 3.61. The number of hydrogen-bond donors (Lipinski definition) is 1. The molecule has 0 bridgehead atoms. The zero-order chi connectivity index (χ0) is 30.5. The highest BCUT2D eigenvalue weighted by Gasteiger charge is 2.39. The van der Waals surface area contributed by atoms with Crippen LogP contribution < -0.4 is 15.0 Å². The van der Waals surface area contributed by atoms with Crippen molar-refractivity contribution in [2.45, 2.75) is 31.1 Å². The first kappa shape index (κ1) is 29.8. The van der Waals surface area contributed by atoms with Gasteiger partial charge in [0.15, 0.2) is 5.17 Å². The molecule has 0 aliphatic carbocycles. The molecular formula is C32H33N5O5S. The molecule has 2 aliphatic rings. The monoisotopic (exact) mass is 599 g/mol. The van der Waals surface area contributed by atoms with Gasteiger partial charge in [-0.25, -0.2) is 9.80 Å². The Kier molecular flexibility index (Phi) is 9.10. The number of carbonyl (C=O) groups is 3. The maximum absolute atomic E-state index is 13.0. The number of anilines is 2. The van der Waals surface area contributed by atoms with E-state index < -0.39 is 11.2 Å². The number of nitrogens with one attached hydrogen (secondary N) is 1. The predicted molar refractivity (Wildman–Crippen MR) is 169 cm³/mol. The van der Waals surface area contributed by atoms with E-state index >= 15 is 0 Å². The Morgan fingerprint density at radius 2 is 1.72 bits per heavy atom. The van der Waals surface area contributed by atoms with E-state index in [1.807, 2.05) is 43.3 Å². The molecule has 2 heterocycles. The van der Waals surface area contributed by atoms with Gasteiger partial charge in [0.25, 0.3) is 5.91 Å². The summed E-state index contributed by atoms with van der Waals surface area (Å²) in [4.78, 5) is 44.1. The van der Waals surface area contributed by atoms with Crippen molar-refractivity contribution in [2.24, 2.45) is 10.1 Å². The zero-order valence-electron chi connectivity index (χ0n) is 24.4. The summed E-state index contributed by atoms with van der Waals surface area (Å²) >= 11 is 1.25. The van der Waals surface area contributed by atoms with Gasteiger partial charge >= 0.3 is 5.97 Å². The van der Waals surface area contributed by atoms with E-state index in [1.54, 1.807) is 43.3 Å². The van der Waals surface area contributed by atoms with Gasteiger partial charge in [-0.05, 0) is 78.7 Å². The van der Waals surface area contributed by atoms with Gasteiger partial charge in [0.05, 0.1) is 31.0 Å². The van der Waals surface area contributed by atoms with Crippen LogP contribution in [0.1, 0.15) is 47.3 Å². The Bertz CT molecular complexity index is 1550. The number of nitrogens with zero attached hydrogens (tertiary/aromatic N) is 4. The minimum atomic E-state index is -0.675. The standard InChI is InChI=1S/C32H33N5O5S/c1-5-42-31(40)22-6-12-23(13-7-22)33-29(38)19-28-30(39)34-32(43-28)37-27(21-8-14-24(15-9-21)36(2)3)18-26(35-37)20-10-16-25(41-4)17-11-20/h6-17,27-28H,5,18-19H2,1-4H3,(H,33,38). The van der Waals surface area contributed by atoms with Crippen LogP contribution >= 0.6 is 11.8 Å². The molecule has 0 spiro atoms. The zero-order valence-corrected chi connectivity index (χ0v) is 25.3. The summed E-state index contributed by atoms with van der Waals surface area (Å²) in [5, 5.41) is 9.31. The van der Waals surface area contributed by atoms with Crippen LogP contribution in [-0.2, 0) is 14.3 Å². The second kappa shape index (κ2) is 13.1. The van der Waals surface area contributed by atoms with Gasteiger partial charge in [-0.3, -0.25) is 9.59 Å². The maximum atomic E-state index is 13.0. The third-order valence-corrected chi connectivity index (χ3v) is 8.25. The van der Waals surface area contributed by atoms with Crippen LogP contribution in [0.15, 0.2) is 82.9 Å². The summed E-state index contributed by atoms with van der Waals surface area (Å²) in [7, 11) is 5.61. The number of amides is 2. The molecule has 11 heteroatoms. The number of hydrogen-bond acceptors (Lipinski definition) is 9. The summed E-state index contributed by atoms with van der Waals surface area (Å²) in [6, 6.07) is 22.2. The molecule has 2 unspecified atom stereocenters. The Balaban J connectivity index is 1.30. The summed E-state index contributed by atoms with van der Waals surface area (Å²) in [5.41, 5.74) is 4.86. The smallest absolute Gasteiger partial charge is 0.338 e. The van der Waals surface area contributed by atoms with Crippen molar-refractivity contribution < 1.29 is 23.9 Å². The lowest BCUT2D eigenvalue weighted by Gasteiger charge is -2.24. The fourth-order valence-corrected chi connectivity index (χ4v) is 5.85. The average molecular weight is 600 g/mol. The Hall–Kier alpha value is -4.64. The van der Waals surface area contributed by atoms with E-state index in [4.69, 9.17) is 14.6 Å². The number of carbonyl (C=O) groups excluding carboxylic acids is 3. The summed E-state index contributed by atoms with van der Waals surface area (Å²) in [6.45, 7) is 2.02. The number of esters is 1. The Labute approximate surface area is 254 Å². The summed E-state index contributed by atoms with van der Waals surface area (Å²) < 4.78 is 10.3. The number of aliphatic imine (C=N–C) groups is 1. The second-order valence-electron chi connectivity index (χ2n) is 10.2. The van der Waals surface area contributed by atoms with Crippen molar-refractivity contribution in [1.82, 2.24) is 5.01 Å². The van der Waals surface area contributed by atoms with E-state index in [2.05, 4.69) is 34.6 Å². The molecular weight excluding hydrogens is 566 g/mol. The van der Waals surface area contributed by atoms with E-state index in [0.717, 1.165) is 28.3 Å². The van der Waals surface area contributed by atoms with Crippen molar-refractivity contribution in [3.63, 3.8) is 0 Å². The summed E-state index contributed by atoms with van der Waals surface area (Å²) in [6.07, 6.45) is 0.565. The first-order chi connectivity index (χ1) is 20.7. The molecule has 1 N–H and O–H groups in total. The van der Waals surface area contributed by atoms with E-state index in [1.165, 1.54) is 11.8 Å². The predicted octanol–water partition coefficient (Wildman–Crippen LogP) is 5.12. The van der Waals surface area contributed by atoms with Gasteiger partial charge in [-0.2, -0.15) is 10.1 Å². The molecule has 43 heavy (non-hydrogen) atoms. The van der Waals surface area contributed by atoms with Crippen LogP contribution in [0.3, 0.4) is 0 Å². The number of methoxy groups -OCH3 is 1. The number of rotatable bonds is 9. The van der Waals surface area contributed by atoms with Gasteiger partial charge in [-0.15, -0.1) is 0 Å². The lowest BCUT2D eigenvalue weighted by atomic mass is 9.98. The third kappa shape index (κ3) is 6.89. The second-order valence-corrected chi connectivity index (χ2v) is 11.4. The van der Waals surface area contributed by atoms with Gasteiger partial charge in [0.1, 0.15) is 11.0 Å². The minimum Gasteiger partial charge on any atom is -0.497 e. The molecule has 5 rings (SSSR count). The van der Waals surface area contributed by atoms with Crippen LogP contribution in [0.5, 0.6) is 5.75 Å². The van der Waals surface area contributed by atoms with E-state index in [9.17, 15) is 14.4 Å². The van der Waals surface area contributed by atoms with Crippen LogP contribution in [0.25, 0.3) is 0 Å². The normalized spacial score (nSPS) is 17.8. The third-order valence-electron chi connectivity index (χ3n) is 7.10. The fraction of sp³-hybridized carbons (Fsp3) is 0.281. The molecule has 0 saturated carbocycles. The number of amidine groups is 1. The van der Waals surface area contributed by atoms with Crippen molar-refractivity contribution >= 4 is 51.8 Å². The molecule has 0 aromatic heterocycles. The lowest BCUT2D eigenvalue weighted by molar-refractivity contribution is -0.121. The molecule has 2 atom stereocenters. The number of thioether (sulfide) groups is 1. The van der Waals surface area contributed by atoms with Crippen LogP contribution in [0, 0.1) is 0 Å². The van der Waals surface area contributed by atoms with E-state index in [0.29, 0.717) is 22.8 Å². The molecule has 10 nitrogen and oxygen atoms in total. The van der Waals surface area contributed by atoms with Crippen molar-refractivity contribution in [1.29, 1.82) is 0 Å². The van der Waals surface area contributed by atoms with Crippen molar-refractivity contribution in [2.75, 3.05) is 38.0 Å². The van der Waals surface area contributed by atoms with Crippen LogP contribution in [-0.4, -0.2) is 66.7 Å². The highest BCUT2D eigenvalue weighted by Crippen LogP contribution is 2.39. The highest BCUT2D eigenvalue weighted by atomic mass is 32.2. The molecule has 0 saturated heterocycles. The van der Waals surface area contributed by atoms with Crippen LogP contribution in [0.4, 0.5) is 11.4 Å². The number of ether oxygens (including phenoxy) is 2. The Morgan fingerprint density at radius 1 is 1.02 bits per heavy atom. The molecule has 3 aromatic carbocycles. The molecule has 222 valence electrons. The molecule has 0 radical (unpaired) electrons. The first-order valence-corrected chi connectivity index (χ1v) is 14.8. The van der Waals surface area contributed by atoms with Crippen LogP contribution in [0.2, 0.25) is 0 Å². The van der Waals surface area contributed by atoms with Gasteiger partial charge < -0.3 is 19.7 Å². The number of benzene rings is 3. The molecule has 2 aliphatic heterocycles. The van der Waals surface area contributed by atoms with Crippen molar-refractivity contribution in [3.8, 4) is 5.75 Å². The largest absolute Gasteiger partial charge is 0.497 e. The van der Waals surface area contributed by atoms with E-state index in [-0.39, 0.29) is 30.9 Å². The lowest BCUT2D eigenvalue weighted by Crippen LogP contribution is -2.25. The quantitative estimate of drug-likeness (QED) is 0.338. The minimum absolute atomic E-state index is 0.0543. The number of hydrazone groups is 1. The highest BCUT2D eigenvalue weighted by molar-refractivity contribution is 8.15. The van der Waals surface area contributed by atoms with Gasteiger partial charge in [-0.1, -0.05) is 23.9 Å². The first-order valence-electron chi connectivity index (χ1n) is 13.9. The SMILES string of the molecule is CCOC(=O)c1ccc(NC(=O)CC2SC(N3N=C(c4ccc(OC)cc4)CC3c3ccc(N(C)C)cc3)=NC2=O)cc1. The Morgan fingerprint density at radius 3 is 2.35 bits per heavy atom. The topological polar surface area (TPSA) is 113 Å².